The van der Waals surface area contributed by atoms with Crippen LogP contribution in [0.1, 0.15) is 61.6 Å². The molecule has 1 heterocycles. The van der Waals surface area contributed by atoms with Crippen molar-refractivity contribution in [1.82, 2.24) is 4.98 Å². The summed E-state index contributed by atoms with van der Waals surface area (Å²) in [5.41, 5.74) is 1.12. The van der Waals surface area contributed by atoms with Crippen LogP contribution in [0.5, 0.6) is 0 Å². The van der Waals surface area contributed by atoms with Crippen molar-refractivity contribution in [2.75, 3.05) is 0 Å². The molecular formula is C16H19BF5NO2. The van der Waals surface area contributed by atoms with E-state index in [1.165, 1.54) is 6.20 Å². The first-order chi connectivity index (χ1) is 11.6. The van der Waals surface area contributed by atoms with Crippen molar-refractivity contribution >= 4 is 12.6 Å². The van der Waals surface area contributed by atoms with Gasteiger partial charge in [-0.05, 0) is 43.2 Å². The zero-order valence-electron chi connectivity index (χ0n) is 13.4. The van der Waals surface area contributed by atoms with Crippen molar-refractivity contribution in [1.29, 1.82) is 0 Å². The number of nitrogens with zero attached hydrogens (tertiary/aromatic N) is 1. The summed E-state index contributed by atoms with van der Waals surface area (Å²) in [6.07, 6.45) is -3.07. The Bertz CT molecular complexity index is 621. The van der Waals surface area contributed by atoms with E-state index in [4.69, 9.17) is 0 Å². The average Bonchev–Trinajstić information content (AvgIpc) is 2.51. The zero-order chi connectivity index (χ0) is 18.4. The second-order valence-corrected chi connectivity index (χ2v) is 7.16. The molecule has 2 aliphatic rings. The van der Waals surface area contributed by atoms with Gasteiger partial charge in [0.15, 0.2) is 0 Å². The number of aromatic nitrogens is 1. The van der Waals surface area contributed by atoms with Crippen LogP contribution in [0.4, 0.5) is 22.0 Å². The van der Waals surface area contributed by atoms with Crippen molar-refractivity contribution in [2.24, 2.45) is 5.92 Å². The van der Waals surface area contributed by atoms with Crippen molar-refractivity contribution < 1.29 is 32.0 Å². The number of hydrogen-bond acceptors (Lipinski definition) is 3. The molecule has 0 spiro atoms. The van der Waals surface area contributed by atoms with E-state index in [1.54, 1.807) is 6.07 Å². The molecule has 0 bridgehead atoms. The average molecular weight is 363 g/mol. The fourth-order valence-corrected chi connectivity index (χ4v) is 3.89. The standard InChI is InChI=1S/C16H19BF5NO2/c18-15(19)6-10(7-15)14-5-12(13(8-23-14)17(24)25)9-1-3-11(4-2-9)16(20,21)22/h5,8-11,24-25H,1-4,6-7H2/t9-,11+. The molecule has 138 valence electrons. The molecule has 2 aliphatic carbocycles. The van der Waals surface area contributed by atoms with E-state index < -0.39 is 31.1 Å². The summed E-state index contributed by atoms with van der Waals surface area (Å²) in [7, 11) is -1.79. The largest absolute Gasteiger partial charge is 0.490 e. The highest BCUT2D eigenvalue weighted by Crippen LogP contribution is 2.48. The maximum Gasteiger partial charge on any atom is 0.490 e. The molecule has 2 fully saturated rings. The molecule has 0 atom stereocenters. The van der Waals surface area contributed by atoms with Crippen molar-refractivity contribution in [3.8, 4) is 0 Å². The highest BCUT2D eigenvalue weighted by atomic mass is 19.4. The number of pyridine rings is 1. The molecule has 0 aliphatic heterocycles. The maximum atomic E-state index is 13.1. The third-order valence-electron chi connectivity index (χ3n) is 5.41. The number of rotatable bonds is 3. The highest BCUT2D eigenvalue weighted by Gasteiger charge is 2.47. The van der Waals surface area contributed by atoms with E-state index in [1.807, 2.05) is 0 Å². The summed E-state index contributed by atoms with van der Waals surface area (Å²) in [5, 5.41) is 19.0. The normalized spacial score (nSPS) is 27.0. The monoisotopic (exact) mass is 363 g/mol. The molecule has 1 aromatic rings. The predicted octanol–water partition coefficient (Wildman–Crippen LogP) is 3.11. The van der Waals surface area contributed by atoms with Gasteiger partial charge in [-0.1, -0.05) is 0 Å². The topological polar surface area (TPSA) is 53.4 Å². The smallest absolute Gasteiger partial charge is 0.423 e. The molecule has 3 nitrogen and oxygen atoms in total. The lowest BCUT2D eigenvalue weighted by atomic mass is 9.69. The Labute approximate surface area is 142 Å². The van der Waals surface area contributed by atoms with Crippen LogP contribution in [0, 0.1) is 5.92 Å². The number of alkyl halides is 5. The molecule has 25 heavy (non-hydrogen) atoms. The molecule has 2 N–H and O–H groups in total. The second-order valence-electron chi connectivity index (χ2n) is 7.16. The van der Waals surface area contributed by atoms with Gasteiger partial charge >= 0.3 is 13.3 Å². The molecule has 3 rings (SSSR count). The van der Waals surface area contributed by atoms with Gasteiger partial charge in [-0.3, -0.25) is 4.98 Å². The molecule has 0 amide bonds. The van der Waals surface area contributed by atoms with Gasteiger partial charge in [-0.2, -0.15) is 13.2 Å². The van der Waals surface area contributed by atoms with Gasteiger partial charge < -0.3 is 10.0 Å². The van der Waals surface area contributed by atoms with E-state index in [-0.39, 0.29) is 49.9 Å². The summed E-state index contributed by atoms with van der Waals surface area (Å²) >= 11 is 0. The van der Waals surface area contributed by atoms with E-state index in [0.29, 0.717) is 11.3 Å². The number of halogens is 5. The molecule has 9 heteroatoms. The summed E-state index contributed by atoms with van der Waals surface area (Å²) in [6.45, 7) is 0. The summed E-state index contributed by atoms with van der Waals surface area (Å²) < 4.78 is 64.6. The van der Waals surface area contributed by atoms with Crippen molar-refractivity contribution in [3.05, 3.63) is 23.5 Å². The summed E-state index contributed by atoms with van der Waals surface area (Å²) in [6, 6.07) is 1.58. The fourth-order valence-electron chi connectivity index (χ4n) is 3.89. The molecule has 0 unspecified atom stereocenters. The Hall–Kier alpha value is -1.22. The lowest BCUT2D eigenvalue weighted by Gasteiger charge is -2.35. The predicted molar refractivity (Wildman–Crippen MR) is 81.7 cm³/mol. The third kappa shape index (κ3) is 3.97. The van der Waals surface area contributed by atoms with E-state index in [2.05, 4.69) is 4.98 Å². The fraction of sp³-hybridized carbons (Fsp3) is 0.688. The quantitative estimate of drug-likeness (QED) is 0.641. The Balaban J connectivity index is 1.79. The Morgan fingerprint density at radius 1 is 1.04 bits per heavy atom. The Morgan fingerprint density at radius 3 is 2.12 bits per heavy atom. The van der Waals surface area contributed by atoms with E-state index in [9.17, 15) is 32.0 Å². The summed E-state index contributed by atoms with van der Waals surface area (Å²) in [4.78, 5) is 4.06. The minimum Gasteiger partial charge on any atom is -0.423 e. The zero-order valence-corrected chi connectivity index (χ0v) is 13.4. The molecule has 0 aromatic carbocycles. The van der Waals surface area contributed by atoms with Gasteiger partial charge in [0.25, 0.3) is 0 Å². The van der Waals surface area contributed by atoms with E-state index in [0.717, 1.165) is 0 Å². The van der Waals surface area contributed by atoms with Crippen LogP contribution < -0.4 is 5.46 Å². The lowest BCUT2D eigenvalue weighted by molar-refractivity contribution is -0.182. The maximum absolute atomic E-state index is 13.1. The van der Waals surface area contributed by atoms with Crippen LogP contribution in [0.3, 0.4) is 0 Å². The molecule has 0 saturated heterocycles. The van der Waals surface area contributed by atoms with Gasteiger partial charge in [0.1, 0.15) is 0 Å². The van der Waals surface area contributed by atoms with Crippen LogP contribution in [0.15, 0.2) is 12.3 Å². The highest BCUT2D eigenvalue weighted by molar-refractivity contribution is 6.59. The van der Waals surface area contributed by atoms with E-state index >= 15 is 0 Å². The summed E-state index contributed by atoms with van der Waals surface area (Å²) in [5.74, 6) is -4.69. The lowest BCUT2D eigenvalue weighted by Crippen LogP contribution is -2.38. The molecular weight excluding hydrogens is 344 g/mol. The first-order valence-corrected chi connectivity index (χ1v) is 8.37. The first-order valence-electron chi connectivity index (χ1n) is 8.37. The van der Waals surface area contributed by atoms with Crippen molar-refractivity contribution in [3.63, 3.8) is 0 Å². The van der Waals surface area contributed by atoms with Gasteiger partial charge in [-0.15, -0.1) is 0 Å². The Kier molecular flexibility index (Phi) is 4.83. The van der Waals surface area contributed by atoms with Crippen molar-refractivity contribution in [2.45, 2.75) is 62.5 Å². The Morgan fingerprint density at radius 2 is 1.64 bits per heavy atom. The van der Waals surface area contributed by atoms with Gasteiger partial charge in [-0.25, -0.2) is 8.78 Å². The minimum atomic E-state index is -4.22. The molecule has 2 saturated carbocycles. The number of hydrogen-bond donors (Lipinski definition) is 2. The molecule has 1 aromatic heterocycles. The second kappa shape index (κ2) is 6.50. The first kappa shape index (κ1) is 18.6. The van der Waals surface area contributed by atoms with Crippen LogP contribution in [0.25, 0.3) is 0 Å². The van der Waals surface area contributed by atoms with Gasteiger partial charge in [0.05, 0.1) is 5.92 Å². The molecule has 0 radical (unpaired) electrons. The minimum absolute atomic E-state index is 0.0196. The van der Waals surface area contributed by atoms with Crippen LogP contribution in [0.2, 0.25) is 0 Å². The van der Waals surface area contributed by atoms with Gasteiger partial charge in [0, 0.05) is 36.1 Å². The SMILES string of the molecule is OB(O)c1cnc(C2CC(F)(F)C2)cc1[C@H]1CC[C@@H](C(F)(F)F)CC1. The third-order valence-corrected chi connectivity index (χ3v) is 5.41. The van der Waals surface area contributed by atoms with Crippen LogP contribution in [-0.2, 0) is 0 Å². The van der Waals surface area contributed by atoms with Crippen LogP contribution in [-0.4, -0.2) is 34.2 Å². The van der Waals surface area contributed by atoms with Gasteiger partial charge in [0.2, 0.25) is 5.92 Å². The van der Waals surface area contributed by atoms with Crippen LogP contribution >= 0.6 is 0 Å².